The van der Waals surface area contributed by atoms with E-state index in [0.29, 0.717) is 0 Å². The van der Waals surface area contributed by atoms with E-state index < -0.39 is 0 Å². The number of benzene rings is 1. The number of hydrogen-bond acceptors (Lipinski definition) is 1. The molecule has 1 N–H and O–H groups in total. The third kappa shape index (κ3) is 2.58. The molecule has 10 heavy (non-hydrogen) atoms. The average Bonchev–Trinajstić information content (AvgIpc) is 1.90. The van der Waals surface area contributed by atoms with E-state index in [1.165, 1.54) is 5.56 Å². The Labute approximate surface area is 75.6 Å². The maximum atomic E-state index is 3.13. The standard InChI is InChI=1S/C7H8BrN.ClH/c1-6-2-4-7(9-8)5-3-6;/h2-5,9H,1H3;1H. The highest BCUT2D eigenvalue weighted by Gasteiger charge is 1.84. The van der Waals surface area contributed by atoms with E-state index in [1.54, 1.807) is 0 Å². The molecular formula is C7H9BrClN. The van der Waals surface area contributed by atoms with Crippen LogP contribution >= 0.6 is 28.6 Å². The molecule has 1 aromatic carbocycles. The summed E-state index contributed by atoms with van der Waals surface area (Å²) in [5.41, 5.74) is 2.36. The summed E-state index contributed by atoms with van der Waals surface area (Å²) in [7, 11) is 0. The number of rotatable bonds is 1. The zero-order valence-electron chi connectivity index (χ0n) is 5.60. The zero-order valence-corrected chi connectivity index (χ0v) is 8.00. The molecule has 0 atom stereocenters. The van der Waals surface area contributed by atoms with E-state index in [4.69, 9.17) is 0 Å². The number of aryl methyl sites for hydroxylation is 1. The van der Waals surface area contributed by atoms with Crippen molar-refractivity contribution < 1.29 is 0 Å². The topological polar surface area (TPSA) is 12.0 Å². The fraction of sp³-hybridized carbons (Fsp3) is 0.143. The lowest BCUT2D eigenvalue weighted by atomic mass is 10.2. The van der Waals surface area contributed by atoms with Gasteiger partial charge < -0.3 is 4.34 Å². The van der Waals surface area contributed by atoms with Crippen LogP contribution in [0.1, 0.15) is 5.56 Å². The van der Waals surface area contributed by atoms with E-state index in [2.05, 4.69) is 39.5 Å². The Morgan fingerprint density at radius 3 is 2.10 bits per heavy atom. The molecule has 0 heterocycles. The van der Waals surface area contributed by atoms with Crippen LogP contribution in [-0.2, 0) is 0 Å². The molecular weight excluding hydrogens is 213 g/mol. The molecule has 0 radical (unpaired) electrons. The van der Waals surface area contributed by atoms with Crippen LogP contribution in [0.4, 0.5) is 5.69 Å². The fourth-order valence-corrected chi connectivity index (χ4v) is 0.881. The highest BCUT2D eigenvalue weighted by Crippen LogP contribution is 2.09. The number of anilines is 1. The average molecular weight is 223 g/mol. The molecule has 3 heteroatoms. The first-order chi connectivity index (χ1) is 4.33. The summed E-state index contributed by atoms with van der Waals surface area (Å²) in [6, 6.07) is 8.15. The molecule has 1 aromatic rings. The maximum absolute atomic E-state index is 3.13. The molecule has 0 aromatic heterocycles. The molecule has 0 amide bonds. The zero-order chi connectivity index (χ0) is 6.69. The Kier molecular flexibility index (Phi) is 4.49. The van der Waals surface area contributed by atoms with E-state index in [1.807, 2.05) is 12.1 Å². The molecule has 0 fully saturated rings. The van der Waals surface area contributed by atoms with Gasteiger partial charge in [0.15, 0.2) is 0 Å². The first-order valence-electron chi connectivity index (χ1n) is 2.76. The Bertz CT molecular complexity index is 185. The van der Waals surface area contributed by atoms with Gasteiger partial charge in [-0.15, -0.1) is 12.4 Å². The van der Waals surface area contributed by atoms with Gasteiger partial charge in [0.1, 0.15) is 0 Å². The molecule has 0 unspecified atom stereocenters. The third-order valence-electron chi connectivity index (χ3n) is 1.16. The number of hydrogen-bond donors (Lipinski definition) is 1. The van der Waals surface area contributed by atoms with Crippen LogP contribution in [0.15, 0.2) is 24.3 Å². The lowest BCUT2D eigenvalue weighted by molar-refractivity contribution is 1.48. The SMILES string of the molecule is Cc1ccc(NBr)cc1.Cl. The molecule has 56 valence electrons. The van der Waals surface area contributed by atoms with Crippen molar-refractivity contribution in [2.75, 3.05) is 4.34 Å². The summed E-state index contributed by atoms with van der Waals surface area (Å²) in [6.45, 7) is 2.07. The largest absolute Gasteiger partial charge is 0.322 e. The lowest BCUT2D eigenvalue weighted by Gasteiger charge is -1.95. The van der Waals surface area contributed by atoms with Crippen molar-refractivity contribution in [2.24, 2.45) is 0 Å². The predicted octanol–water partition coefficient (Wildman–Crippen LogP) is 3.14. The molecule has 0 spiro atoms. The molecule has 1 nitrogen and oxygen atoms in total. The second kappa shape index (κ2) is 4.58. The van der Waals surface area contributed by atoms with Gasteiger partial charge in [-0.3, -0.25) is 0 Å². The first-order valence-corrected chi connectivity index (χ1v) is 3.55. The minimum absolute atomic E-state index is 0. The van der Waals surface area contributed by atoms with Crippen molar-refractivity contribution in [1.29, 1.82) is 0 Å². The van der Waals surface area contributed by atoms with Crippen molar-refractivity contribution in [3.8, 4) is 0 Å². The van der Waals surface area contributed by atoms with E-state index in [0.717, 1.165) is 5.69 Å². The molecule has 0 aliphatic carbocycles. The summed E-state index contributed by atoms with van der Waals surface area (Å²) >= 11 is 3.13. The Morgan fingerprint density at radius 2 is 1.70 bits per heavy atom. The molecule has 0 aliphatic heterocycles. The van der Waals surface area contributed by atoms with Crippen molar-refractivity contribution in [1.82, 2.24) is 0 Å². The first kappa shape index (κ1) is 9.79. The van der Waals surface area contributed by atoms with Crippen LogP contribution < -0.4 is 4.34 Å². The van der Waals surface area contributed by atoms with Crippen LogP contribution in [0.5, 0.6) is 0 Å². The van der Waals surface area contributed by atoms with Gasteiger partial charge in [-0.25, -0.2) is 0 Å². The quantitative estimate of drug-likeness (QED) is 0.720. The van der Waals surface area contributed by atoms with Gasteiger partial charge in [-0.1, -0.05) is 17.7 Å². The van der Waals surface area contributed by atoms with Crippen LogP contribution in [0.25, 0.3) is 0 Å². The Balaban J connectivity index is 0.000000810. The lowest BCUT2D eigenvalue weighted by Crippen LogP contribution is -1.77. The van der Waals surface area contributed by atoms with E-state index in [-0.39, 0.29) is 12.4 Å². The normalized spacial score (nSPS) is 8.20. The van der Waals surface area contributed by atoms with Gasteiger partial charge >= 0.3 is 0 Å². The molecule has 1 rings (SSSR count). The summed E-state index contributed by atoms with van der Waals surface area (Å²) in [5, 5.41) is 0. The van der Waals surface area contributed by atoms with Crippen LogP contribution in [0.2, 0.25) is 0 Å². The minimum atomic E-state index is 0. The summed E-state index contributed by atoms with van der Waals surface area (Å²) in [5.74, 6) is 0. The smallest absolute Gasteiger partial charge is 0.0465 e. The van der Waals surface area contributed by atoms with Crippen molar-refractivity contribution >= 4 is 34.2 Å². The second-order valence-electron chi connectivity index (χ2n) is 1.96. The van der Waals surface area contributed by atoms with Crippen molar-refractivity contribution in [3.05, 3.63) is 29.8 Å². The van der Waals surface area contributed by atoms with Gasteiger partial charge in [0.2, 0.25) is 0 Å². The summed E-state index contributed by atoms with van der Waals surface area (Å²) < 4.78 is 2.87. The van der Waals surface area contributed by atoms with Crippen molar-refractivity contribution in [2.45, 2.75) is 6.92 Å². The molecule has 0 bridgehead atoms. The van der Waals surface area contributed by atoms with Crippen LogP contribution in [0, 0.1) is 6.92 Å². The Morgan fingerprint density at radius 1 is 1.20 bits per heavy atom. The molecule has 0 saturated carbocycles. The van der Waals surface area contributed by atoms with Gasteiger partial charge in [0, 0.05) is 21.8 Å². The van der Waals surface area contributed by atoms with E-state index in [9.17, 15) is 0 Å². The summed E-state index contributed by atoms with van der Waals surface area (Å²) in [4.78, 5) is 0. The van der Waals surface area contributed by atoms with Crippen LogP contribution in [0.3, 0.4) is 0 Å². The highest BCUT2D eigenvalue weighted by molar-refractivity contribution is 9.10. The van der Waals surface area contributed by atoms with E-state index >= 15 is 0 Å². The molecule has 0 aliphatic rings. The summed E-state index contributed by atoms with van der Waals surface area (Å²) in [6.07, 6.45) is 0. The van der Waals surface area contributed by atoms with Gasteiger partial charge in [-0.2, -0.15) is 0 Å². The third-order valence-corrected chi connectivity index (χ3v) is 1.62. The number of halogens is 2. The Hall–Kier alpha value is -0.210. The second-order valence-corrected chi connectivity index (χ2v) is 2.36. The van der Waals surface area contributed by atoms with Gasteiger partial charge in [0.25, 0.3) is 0 Å². The monoisotopic (exact) mass is 221 g/mol. The van der Waals surface area contributed by atoms with Gasteiger partial charge in [0.05, 0.1) is 0 Å². The minimum Gasteiger partial charge on any atom is -0.322 e. The highest BCUT2D eigenvalue weighted by atomic mass is 79.9. The fourth-order valence-electron chi connectivity index (χ4n) is 0.617. The maximum Gasteiger partial charge on any atom is 0.0465 e. The van der Waals surface area contributed by atoms with Crippen molar-refractivity contribution in [3.63, 3.8) is 0 Å². The molecule has 0 saturated heterocycles. The predicted molar refractivity (Wildman–Crippen MR) is 51.0 cm³/mol. The van der Waals surface area contributed by atoms with Gasteiger partial charge in [-0.05, 0) is 19.1 Å². The van der Waals surface area contributed by atoms with Crippen LogP contribution in [-0.4, -0.2) is 0 Å². The number of nitrogens with one attached hydrogen (secondary N) is 1.